The monoisotopic (exact) mass is 249 g/mol. The summed E-state index contributed by atoms with van der Waals surface area (Å²) in [5.41, 5.74) is 1.01. The summed E-state index contributed by atoms with van der Waals surface area (Å²) in [6, 6.07) is 13.3. The van der Waals surface area contributed by atoms with Crippen LogP contribution in [0, 0.1) is 0 Å². The highest BCUT2D eigenvalue weighted by atomic mass is 28.4. The predicted octanol–water partition coefficient (Wildman–Crippen LogP) is 4.76. The van der Waals surface area contributed by atoms with Gasteiger partial charge in [-0.1, -0.05) is 51.1 Å². The molecule has 94 valence electrons. The molecule has 0 aliphatic rings. The standard InChI is InChI=1S/C15H24OSi/c1-4-17(5-2,6-3)16-14-10-13-15-11-8-7-9-12-15/h7-12,14H,4-6,13H2,1-3H3/b14-10-/i13D. The highest BCUT2D eigenvalue weighted by molar-refractivity contribution is 6.73. The molecule has 0 aliphatic carbocycles. The minimum absolute atomic E-state index is 0.330. The van der Waals surface area contributed by atoms with Gasteiger partial charge in [0.05, 0.1) is 6.26 Å². The van der Waals surface area contributed by atoms with Crippen molar-refractivity contribution < 1.29 is 5.80 Å². The maximum absolute atomic E-state index is 8.04. The zero-order valence-corrected chi connectivity index (χ0v) is 12.1. The topological polar surface area (TPSA) is 9.23 Å². The Labute approximate surface area is 108 Å². The molecule has 1 nitrogen and oxygen atoms in total. The van der Waals surface area contributed by atoms with Crippen LogP contribution in [0.4, 0.5) is 0 Å². The number of benzene rings is 1. The van der Waals surface area contributed by atoms with E-state index in [-0.39, 0.29) is 6.40 Å². The third-order valence-corrected chi connectivity index (χ3v) is 7.92. The van der Waals surface area contributed by atoms with E-state index in [1.54, 1.807) is 6.26 Å². The van der Waals surface area contributed by atoms with Crippen molar-refractivity contribution in [3.63, 3.8) is 0 Å². The van der Waals surface area contributed by atoms with E-state index in [1.807, 2.05) is 36.4 Å². The fourth-order valence-electron chi connectivity index (χ4n) is 1.90. The molecule has 0 aromatic heterocycles. The zero-order chi connectivity index (χ0) is 13.4. The summed E-state index contributed by atoms with van der Waals surface area (Å²) in [6.45, 7) is 6.63. The average molecular weight is 249 g/mol. The summed E-state index contributed by atoms with van der Waals surface area (Å²) >= 11 is 0. The second kappa shape index (κ2) is 7.33. The van der Waals surface area contributed by atoms with Crippen molar-refractivity contribution in [2.24, 2.45) is 0 Å². The highest BCUT2D eigenvalue weighted by Gasteiger charge is 2.28. The van der Waals surface area contributed by atoms with Crippen LogP contribution in [-0.4, -0.2) is 8.32 Å². The molecule has 0 heterocycles. The molecule has 0 aliphatic heterocycles. The van der Waals surface area contributed by atoms with Crippen molar-refractivity contribution in [1.29, 1.82) is 0 Å². The van der Waals surface area contributed by atoms with Crippen LogP contribution in [-0.2, 0) is 10.8 Å². The van der Waals surface area contributed by atoms with Gasteiger partial charge < -0.3 is 4.43 Å². The van der Waals surface area contributed by atoms with E-state index >= 15 is 0 Å². The summed E-state index contributed by atoms with van der Waals surface area (Å²) < 4.78 is 14.0. The lowest BCUT2D eigenvalue weighted by molar-refractivity contribution is 0.456. The van der Waals surface area contributed by atoms with Gasteiger partial charge in [0.25, 0.3) is 0 Å². The molecule has 0 radical (unpaired) electrons. The molecule has 0 saturated carbocycles. The summed E-state index contributed by atoms with van der Waals surface area (Å²) in [4.78, 5) is 0. The molecular formula is C15H24OSi. The third-order valence-electron chi connectivity index (χ3n) is 3.42. The Morgan fingerprint density at radius 3 is 2.24 bits per heavy atom. The first-order chi connectivity index (χ1) is 8.67. The van der Waals surface area contributed by atoms with Crippen molar-refractivity contribution in [2.75, 3.05) is 0 Å². The first kappa shape index (κ1) is 12.4. The molecular weight excluding hydrogens is 224 g/mol. The van der Waals surface area contributed by atoms with E-state index < -0.39 is 8.32 Å². The largest absolute Gasteiger partial charge is 0.549 e. The smallest absolute Gasteiger partial charge is 0.249 e. The fraction of sp³-hybridized carbons (Fsp3) is 0.467. The summed E-state index contributed by atoms with van der Waals surface area (Å²) in [5, 5.41) is 0. The van der Waals surface area contributed by atoms with Crippen LogP contribution in [0.5, 0.6) is 0 Å². The van der Waals surface area contributed by atoms with E-state index in [1.165, 1.54) is 0 Å². The van der Waals surface area contributed by atoms with Crippen LogP contribution >= 0.6 is 0 Å². The zero-order valence-electron chi connectivity index (χ0n) is 12.1. The molecule has 1 rings (SSSR count). The first-order valence-corrected chi connectivity index (χ1v) is 9.02. The van der Waals surface area contributed by atoms with Crippen molar-refractivity contribution >= 4 is 8.32 Å². The van der Waals surface area contributed by atoms with Crippen LogP contribution in [0.15, 0.2) is 42.7 Å². The predicted molar refractivity (Wildman–Crippen MR) is 77.6 cm³/mol. The molecule has 0 fully saturated rings. The second-order valence-electron chi connectivity index (χ2n) is 4.27. The average Bonchev–Trinajstić information content (AvgIpc) is 2.45. The normalized spacial score (nSPS) is 14.6. The van der Waals surface area contributed by atoms with Gasteiger partial charge in [-0.05, 0) is 36.2 Å². The van der Waals surface area contributed by atoms with Gasteiger partial charge >= 0.3 is 0 Å². The van der Waals surface area contributed by atoms with Gasteiger partial charge in [0.2, 0.25) is 8.32 Å². The van der Waals surface area contributed by atoms with E-state index in [2.05, 4.69) is 20.8 Å². The van der Waals surface area contributed by atoms with Crippen molar-refractivity contribution in [2.45, 2.75) is 45.3 Å². The molecule has 2 heteroatoms. The SMILES string of the molecule is [2H]C(/C=C\O[Si](CC)(CC)CC)c1ccccc1. The van der Waals surface area contributed by atoms with Gasteiger partial charge in [0.1, 0.15) is 0 Å². The van der Waals surface area contributed by atoms with E-state index in [4.69, 9.17) is 5.80 Å². The Bertz CT molecular complexity index is 352. The van der Waals surface area contributed by atoms with Gasteiger partial charge in [-0.3, -0.25) is 0 Å². The molecule has 0 bridgehead atoms. The van der Waals surface area contributed by atoms with E-state index in [0.717, 1.165) is 23.7 Å². The van der Waals surface area contributed by atoms with Gasteiger partial charge in [-0.15, -0.1) is 0 Å². The Kier molecular flexibility index (Phi) is 5.36. The molecule has 1 atom stereocenters. The maximum atomic E-state index is 8.04. The number of hydrogen-bond donors (Lipinski definition) is 0. The lowest BCUT2D eigenvalue weighted by Gasteiger charge is -2.26. The minimum atomic E-state index is -1.56. The van der Waals surface area contributed by atoms with Crippen LogP contribution < -0.4 is 0 Å². The quantitative estimate of drug-likeness (QED) is 0.500. The first-order valence-electron chi connectivity index (χ1n) is 7.07. The van der Waals surface area contributed by atoms with Crippen molar-refractivity contribution in [1.82, 2.24) is 0 Å². The number of hydrogen-bond acceptors (Lipinski definition) is 1. The number of rotatable bonds is 7. The molecule has 0 amide bonds. The Balaban J connectivity index is 2.59. The fourth-order valence-corrected chi connectivity index (χ4v) is 4.27. The molecule has 1 unspecified atom stereocenters. The maximum Gasteiger partial charge on any atom is 0.249 e. The van der Waals surface area contributed by atoms with Gasteiger partial charge in [0.15, 0.2) is 0 Å². The van der Waals surface area contributed by atoms with Gasteiger partial charge in [-0.2, -0.15) is 0 Å². The summed E-state index contributed by atoms with van der Waals surface area (Å²) in [5.74, 6) is 0. The summed E-state index contributed by atoms with van der Waals surface area (Å²) in [7, 11) is -1.56. The van der Waals surface area contributed by atoms with Gasteiger partial charge in [0, 0.05) is 1.37 Å². The van der Waals surface area contributed by atoms with Crippen LogP contribution in [0.1, 0.15) is 27.7 Å². The lowest BCUT2D eigenvalue weighted by Crippen LogP contribution is -2.33. The second-order valence-corrected chi connectivity index (χ2v) is 8.99. The van der Waals surface area contributed by atoms with E-state index in [9.17, 15) is 0 Å². The van der Waals surface area contributed by atoms with Crippen LogP contribution in [0.3, 0.4) is 0 Å². The molecule has 17 heavy (non-hydrogen) atoms. The molecule has 1 aromatic carbocycles. The Hall–Kier alpha value is -1.02. The molecule has 0 N–H and O–H groups in total. The van der Waals surface area contributed by atoms with Crippen LogP contribution in [0.2, 0.25) is 18.1 Å². The number of allylic oxidation sites excluding steroid dienone is 1. The Morgan fingerprint density at radius 2 is 1.71 bits per heavy atom. The minimum Gasteiger partial charge on any atom is -0.549 e. The third kappa shape index (κ3) is 4.39. The lowest BCUT2D eigenvalue weighted by atomic mass is 10.2. The Morgan fingerprint density at radius 1 is 1.12 bits per heavy atom. The summed E-state index contributed by atoms with van der Waals surface area (Å²) in [6.07, 6.45) is 3.29. The highest BCUT2D eigenvalue weighted by Crippen LogP contribution is 2.21. The molecule has 1 aromatic rings. The van der Waals surface area contributed by atoms with Crippen molar-refractivity contribution in [3.05, 3.63) is 48.2 Å². The van der Waals surface area contributed by atoms with Crippen LogP contribution in [0.25, 0.3) is 0 Å². The van der Waals surface area contributed by atoms with Gasteiger partial charge in [-0.25, -0.2) is 0 Å². The molecule has 0 saturated heterocycles. The molecule has 0 spiro atoms. The van der Waals surface area contributed by atoms with Crippen molar-refractivity contribution in [3.8, 4) is 0 Å². The van der Waals surface area contributed by atoms with E-state index in [0.29, 0.717) is 0 Å².